The molecule has 198 valence electrons. The molecule has 0 saturated heterocycles. The molecule has 0 aliphatic heterocycles. The van der Waals surface area contributed by atoms with E-state index in [1.54, 1.807) is 19.2 Å². The van der Waals surface area contributed by atoms with Gasteiger partial charge in [0.05, 0.1) is 24.5 Å². The third kappa shape index (κ3) is 16.6. The molecule has 0 radical (unpaired) electrons. The van der Waals surface area contributed by atoms with E-state index in [4.69, 9.17) is 16.2 Å². The molecule has 5 heteroatoms. The van der Waals surface area contributed by atoms with E-state index in [1.165, 1.54) is 11.1 Å². The standard InChI is InChI=1S/C12H24N2.C10H14O.C6H8N2.C2H6/c1-5-9-12(6-2)13-10-11-14(7-3)8-4;1-4-9-7-8(2)5-6-10(9)11-3;7-5-3-1-2-4-6(5)8;1-2/h12-13H,6-8,10-11H2,1-4H3;5-7H,4H2,1-3H3;1-4H,7-8H2;1-2H3. The van der Waals surface area contributed by atoms with Crippen molar-refractivity contribution in [2.24, 2.45) is 0 Å². The second-order valence-electron chi connectivity index (χ2n) is 7.63. The zero-order valence-corrected chi connectivity index (χ0v) is 23.9. The highest BCUT2D eigenvalue weighted by molar-refractivity contribution is 5.62. The summed E-state index contributed by atoms with van der Waals surface area (Å²) in [5.41, 5.74) is 14.7. The minimum atomic E-state index is 0.371. The fraction of sp³-hybridized carbons (Fsp3) is 0.533. The average Bonchev–Trinajstić information content (AvgIpc) is 2.89. The molecule has 2 rings (SSSR count). The zero-order valence-electron chi connectivity index (χ0n) is 23.9. The van der Waals surface area contributed by atoms with Crippen molar-refractivity contribution in [1.82, 2.24) is 10.2 Å². The van der Waals surface area contributed by atoms with Crippen LogP contribution in [0.2, 0.25) is 0 Å². The first-order valence-corrected chi connectivity index (χ1v) is 13.0. The number of likely N-dealkylation sites (N-methyl/N-ethyl adjacent to an activating group) is 1. The number of nitrogens with two attached hydrogens (primary N) is 2. The Labute approximate surface area is 216 Å². The van der Waals surface area contributed by atoms with Gasteiger partial charge in [-0.15, -0.1) is 5.92 Å². The molecule has 0 aliphatic rings. The highest BCUT2D eigenvalue weighted by atomic mass is 16.5. The minimum Gasteiger partial charge on any atom is -0.496 e. The van der Waals surface area contributed by atoms with Gasteiger partial charge in [-0.05, 0) is 63.5 Å². The van der Waals surface area contributed by atoms with E-state index in [1.807, 2.05) is 39.0 Å². The quantitative estimate of drug-likeness (QED) is 0.293. The molecule has 1 atom stereocenters. The van der Waals surface area contributed by atoms with E-state index in [9.17, 15) is 0 Å². The maximum Gasteiger partial charge on any atom is 0.122 e. The van der Waals surface area contributed by atoms with Crippen LogP contribution in [0.4, 0.5) is 11.4 Å². The Morgan fingerprint density at radius 1 is 0.971 bits per heavy atom. The van der Waals surface area contributed by atoms with Gasteiger partial charge >= 0.3 is 0 Å². The predicted molar refractivity (Wildman–Crippen MR) is 157 cm³/mol. The Bertz CT molecular complexity index is 802. The van der Waals surface area contributed by atoms with Crippen LogP contribution in [0, 0.1) is 18.8 Å². The third-order valence-corrected chi connectivity index (χ3v) is 5.25. The molecule has 35 heavy (non-hydrogen) atoms. The van der Waals surface area contributed by atoms with Gasteiger partial charge in [0.15, 0.2) is 0 Å². The lowest BCUT2D eigenvalue weighted by Gasteiger charge is -2.19. The van der Waals surface area contributed by atoms with E-state index >= 15 is 0 Å². The molecular weight excluding hydrogens is 432 g/mol. The van der Waals surface area contributed by atoms with Crippen LogP contribution in [0.5, 0.6) is 5.75 Å². The highest BCUT2D eigenvalue weighted by Crippen LogP contribution is 2.19. The molecular formula is C30H52N4O. The van der Waals surface area contributed by atoms with E-state index in [0.717, 1.165) is 44.8 Å². The van der Waals surface area contributed by atoms with Crippen molar-refractivity contribution in [2.75, 3.05) is 44.8 Å². The summed E-state index contributed by atoms with van der Waals surface area (Å²) in [4.78, 5) is 2.42. The Morgan fingerprint density at radius 2 is 1.54 bits per heavy atom. The molecule has 0 fully saturated rings. The van der Waals surface area contributed by atoms with Gasteiger partial charge in [-0.3, -0.25) is 0 Å². The molecule has 2 aromatic carbocycles. The van der Waals surface area contributed by atoms with Crippen LogP contribution in [0.1, 0.15) is 66.0 Å². The van der Waals surface area contributed by atoms with Crippen molar-refractivity contribution in [2.45, 2.75) is 74.3 Å². The summed E-state index contributed by atoms with van der Waals surface area (Å²) in [7, 11) is 1.71. The molecule has 0 aromatic heterocycles. The number of methoxy groups -OCH3 is 1. The summed E-state index contributed by atoms with van der Waals surface area (Å²) >= 11 is 0. The first-order chi connectivity index (χ1) is 16.9. The van der Waals surface area contributed by atoms with Crippen molar-refractivity contribution in [3.05, 3.63) is 53.6 Å². The van der Waals surface area contributed by atoms with Gasteiger partial charge in [-0.1, -0.05) is 77.3 Å². The van der Waals surface area contributed by atoms with Crippen molar-refractivity contribution < 1.29 is 4.74 Å². The van der Waals surface area contributed by atoms with Crippen LogP contribution >= 0.6 is 0 Å². The van der Waals surface area contributed by atoms with Gasteiger partial charge in [-0.25, -0.2) is 0 Å². The van der Waals surface area contributed by atoms with Crippen LogP contribution in [0.25, 0.3) is 0 Å². The lowest BCUT2D eigenvalue weighted by atomic mass is 10.1. The summed E-state index contributed by atoms with van der Waals surface area (Å²) in [6, 6.07) is 13.9. The maximum atomic E-state index is 5.39. The van der Waals surface area contributed by atoms with E-state index in [-0.39, 0.29) is 0 Å². The summed E-state index contributed by atoms with van der Waals surface area (Å²) in [5.74, 6) is 7.12. The lowest BCUT2D eigenvalue weighted by molar-refractivity contribution is 0.299. The number of aryl methyl sites for hydroxylation is 2. The normalized spacial score (nSPS) is 10.2. The van der Waals surface area contributed by atoms with Gasteiger partial charge < -0.3 is 26.4 Å². The smallest absolute Gasteiger partial charge is 0.122 e. The Kier molecular flexibility index (Phi) is 22.7. The average molecular weight is 485 g/mol. The molecule has 0 bridgehead atoms. The van der Waals surface area contributed by atoms with Crippen LogP contribution < -0.4 is 21.5 Å². The Hall–Kier alpha value is -2.68. The van der Waals surface area contributed by atoms with Crippen molar-refractivity contribution in [3.8, 4) is 17.6 Å². The summed E-state index contributed by atoms with van der Waals surface area (Å²) in [6.07, 6.45) is 2.12. The summed E-state index contributed by atoms with van der Waals surface area (Å²) in [6.45, 7) is 21.1. The second-order valence-corrected chi connectivity index (χ2v) is 7.63. The predicted octanol–water partition coefficient (Wildman–Crippen LogP) is 6.16. The van der Waals surface area contributed by atoms with E-state index in [2.05, 4.69) is 68.8 Å². The number of anilines is 2. The highest BCUT2D eigenvalue weighted by Gasteiger charge is 2.02. The summed E-state index contributed by atoms with van der Waals surface area (Å²) in [5, 5.41) is 3.45. The summed E-state index contributed by atoms with van der Waals surface area (Å²) < 4.78 is 5.19. The first kappa shape index (κ1) is 34.5. The first-order valence-electron chi connectivity index (χ1n) is 13.0. The van der Waals surface area contributed by atoms with Crippen molar-refractivity contribution in [1.29, 1.82) is 0 Å². The monoisotopic (exact) mass is 484 g/mol. The Balaban J connectivity index is 0. The lowest BCUT2D eigenvalue weighted by Crippen LogP contribution is -2.36. The number of ether oxygens (including phenoxy) is 1. The number of para-hydroxylation sites is 2. The number of rotatable bonds is 9. The SMILES string of the molecule is CC.CC#CC(CC)NCCN(CC)CC.CCc1cc(C)ccc1OC.Nc1ccccc1N. The molecule has 5 N–H and O–H groups in total. The van der Waals surface area contributed by atoms with Crippen LogP contribution in [-0.2, 0) is 6.42 Å². The van der Waals surface area contributed by atoms with Crippen LogP contribution in [-0.4, -0.2) is 44.2 Å². The van der Waals surface area contributed by atoms with Gasteiger partial charge in [0.25, 0.3) is 0 Å². The number of hydrogen-bond acceptors (Lipinski definition) is 5. The number of nitrogens with zero attached hydrogens (tertiary/aromatic N) is 1. The topological polar surface area (TPSA) is 76.5 Å². The van der Waals surface area contributed by atoms with E-state index in [0.29, 0.717) is 17.4 Å². The molecule has 0 amide bonds. The zero-order chi connectivity index (χ0) is 27.1. The Morgan fingerprint density at radius 3 is 1.94 bits per heavy atom. The van der Waals surface area contributed by atoms with Gasteiger partial charge in [0.1, 0.15) is 5.75 Å². The number of hydrogen-bond donors (Lipinski definition) is 3. The largest absolute Gasteiger partial charge is 0.496 e. The number of benzene rings is 2. The molecule has 0 spiro atoms. The number of nitrogen functional groups attached to an aromatic ring is 2. The molecule has 0 aliphatic carbocycles. The van der Waals surface area contributed by atoms with Gasteiger partial charge in [0.2, 0.25) is 0 Å². The number of nitrogens with one attached hydrogen (secondary N) is 1. The second kappa shape index (κ2) is 23.1. The van der Waals surface area contributed by atoms with Crippen LogP contribution in [0.15, 0.2) is 42.5 Å². The van der Waals surface area contributed by atoms with Crippen molar-refractivity contribution in [3.63, 3.8) is 0 Å². The molecule has 1 unspecified atom stereocenters. The third-order valence-electron chi connectivity index (χ3n) is 5.25. The minimum absolute atomic E-state index is 0.371. The molecule has 2 aromatic rings. The molecule has 5 nitrogen and oxygen atoms in total. The van der Waals surface area contributed by atoms with Gasteiger partial charge in [0, 0.05) is 13.1 Å². The molecule has 0 heterocycles. The van der Waals surface area contributed by atoms with Crippen molar-refractivity contribution >= 4 is 11.4 Å². The fourth-order valence-corrected chi connectivity index (χ4v) is 3.10. The van der Waals surface area contributed by atoms with Crippen LogP contribution in [0.3, 0.4) is 0 Å². The molecule has 0 saturated carbocycles. The maximum absolute atomic E-state index is 5.39. The van der Waals surface area contributed by atoms with E-state index < -0.39 is 0 Å². The van der Waals surface area contributed by atoms with Gasteiger partial charge in [-0.2, -0.15) is 0 Å². The fourth-order valence-electron chi connectivity index (χ4n) is 3.10.